The third kappa shape index (κ3) is 2.21. The summed E-state index contributed by atoms with van der Waals surface area (Å²) in [6.45, 7) is 2.78. The Hall–Kier alpha value is -2.20. The first-order valence-electron chi connectivity index (χ1n) is 6.67. The second kappa shape index (κ2) is 5.30. The van der Waals surface area contributed by atoms with E-state index in [-0.39, 0.29) is 5.75 Å². The van der Waals surface area contributed by atoms with Crippen LogP contribution >= 0.6 is 11.6 Å². The lowest BCUT2D eigenvalue weighted by Gasteiger charge is -2.09. The number of rotatable bonds is 3. The lowest BCUT2D eigenvalue weighted by molar-refractivity contribution is 0.373. The second-order valence-electron chi connectivity index (χ2n) is 4.67. The Bertz CT molecular complexity index is 811. The fraction of sp³-hybridized carbons (Fsp3) is 0.188. The van der Waals surface area contributed by atoms with E-state index < -0.39 is 0 Å². The highest BCUT2D eigenvalue weighted by molar-refractivity contribution is 6.35. The van der Waals surface area contributed by atoms with Crippen molar-refractivity contribution in [3.05, 3.63) is 41.4 Å². The van der Waals surface area contributed by atoms with Crippen molar-refractivity contribution in [2.24, 2.45) is 0 Å². The van der Waals surface area contributed by atoms with Gasteiger partial charge in [-0.1, -0.05) is 17.7 Å². The van der Waals surface area contributed by atoms with Crippen LogP contribution in [0.1, 0.15) is 6.92 Å². The van der Waals surface area contributed by atoms with Gasteiger partial charge >= 0.3 is 0 Å². The van der Waals surface area contributed by atoms with E-state index >= 15 is 0 Å². The smallest absolute Gasteiger partial charge is 0.160 e. The van der Waals surface area contributed by atoms with Gasteiger partial charge < -0.3 is 14.4 Å². The fourth-order valence-electron chi connectivity index (χ4n) is 2.50. The van der Waals surface area contributed by atoms with Crippen LogP contribution in [0.15, 0.2) is 36.4 Å². The number of nitrogens with zero attached hydrogens (tertiary/aromatic N) is 2. The Balaban J connectivity index is 2.25. The standard InChI is InChI=1S/C16H15ClN2O2/c1-3-19-15-11(17)5-4-6-12(15)18-16(19)10-7-8-14(21-2)13(20)9-10/h4-9,20H,3H2,1-2H3. The summed E-state index contributed by atoms with van der Waals surface area (Å²) in [7, 11) is 1.52. The number of aryl methyl sites for hydroxylation is 1. The van der Waals surface area contributed by atoms with E-state index in [1.165, 1.54) is 7.11 Å². The molecule has 2 aromatic carbocycles. The van der Waals surface area contributed by atoms with E-state index in [2.05, 4.69) is 4.98 Å². The van der Waals surface area contributed by atoms with Gasteiger partial charge in [0.2, 0.25) is 0 Å². The van der Waals surface area contributed by atoms with Crippen molar-refractivity contribution in [3.8, 4) is 22.9 Å². The van der Waals surface area contributed by atoms with Crippen LogP contribution in [0.5, 0.6) is 11.5 Å². The molecular formula is C16H15ClN2O2. The maximum absolute atomic E-state index is 9.96. The molecule has 0 aliphatic carbocycles. The number of halogens is 1. The van der Waals surface area contributed by atoms with Crippen molar-refractivity contribution in [1.82, 2.24) is 9.55 Å². The number of ether oxygens (including phenoxy) is 1. The van der Waals surface area contributed by atoms with Crippen LogP contribution < -0.4 is 4.74 Å². The Morgan fingerprint density at radius 2 is 2.10 bits per heavy atom. The molecule has 0 bridgehead atoms. The van der Waals surface area contributed by atoms with Gasteiger partial charge in [-0.25, -0.2) is 4.98 Å². The van der Waals surface area contributed by atoms with Gasteiger partial charge in [-0.05, 0) is 37.3 Å². The zero-order valence-corrected chi connectivity index (χ0v) is 12.6. The molecule has 0 unspecified atom stereocenters. The highest BCUT2D eigenvalue weighted by Gasteiger charge is 2.15. The van der Waals surface area contributed by atoms with Gasteiger partial charge in [0.05, 0.1) is 23.2 Å². The molecule has 1 aromatic heterocycles. The molecule has 4 nitrogen and oxygen atoms in total. The third-order valence-electron chi connectivity index (χ3n) is 3.47. The van der Waals surface area contributed by atoms with E-state index in [0.29, 0.717) is 10.8 Å². The van der Waals surface area contributed by atoms with Gasteiger partial charge in [0.25, 0.3) is 0 Å². The van der Waals surface area contributed by atoms with Crippen molar-refractivity contribution in [3.63, 3.8) is 0 Å². The fourth-order valence-corrected chi connectivity index (χ4v) is 2.77. The Morgan fingerprint density at radius 1 is 1.29 bits per heavy atom. The molecule has 3 aromatic rings. The molecule has 3 rings (SSSR count). The monoisotopic (exact) mass is 302 g/mol. The summed E-state index contributed by atoms with van der Waals surface area (Å²) in [5, 5.41) is 10.6. The maximum atomic E-state index is 9.96. The number of para-hydroxylation sites is 1. The summed E-state index contributed by atoms with van der Waals surface area (Å²) in [6, 6.07) is 10.9. The van der Waals surface area contributed by atoms with Crippen molar-refractivity contribution in [2.75, 3.05) is 7.11 Å². The molecule has 0 fully saturated rings. The van der Waals surface area contributed by atoms with Crippen molar-refractivity contribution >= 4 is 22.6 Å². The van der Waals surface area contributed by atoms with Gasteiger partial charge in [-0.2, -0.15) is 0 Å². The van der Waals surface area contributed by atoms with E-state index in [4.69, 9.17) is 16.3 Å². The first-order chi connectivity index (χ1) is 10.2. The van der Waals surface area contributed by atoms with Gasteiger partial charge in [0.15, 0.2) is 11.5 Å². The predicted octanol–water partition coefficient (Wildman–Crippen LogP) is 4.09. The summed E-state index contributed by atoms with van der Waals surface area (Å²) < 4.78 is 7.11. The first-order valence-corrected chi connectivity index (χ1v) is 7.05. The number of imidazole rings is 1. The van der Waals surface area contributed by atoms with Crippen LogP contribution in [-0.4, -0.2) is 21.8 Å². The van der Waals surface area contributed by atoms with Crippen LogP contribution in [0.2, 0.25) is 5.02 Å². The number of aromatic nitrogens is 2. The van der Waals surface area contributed by atoms with Crippen LogP contribution in [0.3, 0.4) is 0 Å². The van der Waals surface area contributed by atoms with Crippen LogP contribution in [0.25, 0.3) is 22.4 Å². The molecular weight excluding hydrogens is 288 g/mol. The molecule has 0 aliphatic heterocycles. The van der Waals surface area contributed by atoms with Crippen LogP contribution in [-0.2, 0) is 6.54 Å². The normalized spacial score (nSPS) is 11.0. The summed E-state index contributed by atoms with van der Waals surface area (Å²) in [5.41, 5.74) is 2.57. The zero-order valence-electron chi connectivity index (χ0n) is 11.8. The molecule has 0 atom stereocenters. The lowest BCUT2D eigenvalue weighted by atomic mass is 10.2. The summed E-state index contributed by atoms with van der Waals surface area (Å²) in [5.74, 6) is 1.31. The number of phenols is 1. The van der Waals surface area contributed by atoms with Crippen molar-refractivity contribution in [1.29, 1.82) is 0 Å². The minimum absolute atomic E-state index is 0.0933. The summed E-state index contributed by atoms with van der Waals surface area (Å²) in [4.78, 5) is 4.64. The van der Waals surface area contributed by atoms with E-state index in [1.807, 2.05) is 35.8 Å². The number of phenolic OH excluding ortho intramolecular Hbond substituents is 1. The molecule has 0 saturated heterocycles. The van der Waals surface area contributed by atoms with E-state index in [0.717, 1.165) is 29.0 Å². The van der Waals surface area contributed by atoms with Gasteiger partial charge in [-0.15, -0.1) is 0 Å². The van der Waals surface area contributed by atoms with Crippen LogP contribution in [0, 0.1) is 0 Å². The summed E-state index contributed by atoms with van der Waals surface area (Å²) >= 11 is 6.29. The molecule has 21 heavy (non-hydrogen) atoms. The number of benzene rings is 2. The quantitative estimate of drug-likeness (QED) is 0.792. The van der Waals surface area contributed by atoms with E-state index in [1.54, 1.807) is 12.1 Å². The molecule has 0 amide bonds. The molecule has 0 saturated carbocycles. The average Bonchev–Trinajstić information content (AvgIpc) is 2.87. The molecule has 1 heterocycles. The predicted molar refractivity (Wildman–Crippen MR) is 84.1 cm³/mol. The second-order valence-corrected chi connectivity index (χ2v) is 5.08. The largest absolute Gasteiger partial charge is 0.504 e. The van der Waals surface area contributed by atoms with Gasteiger partial charge in [-0.3, -0.25) is 0 Å². The highest BCUT2D eigenvalue weighted by Crippen LogP contribution is 2.34. The number of methoxy groups -OCH3 is 1. The van der Waals surface area contributed by atoms with Gasteiger partial charge in [0, 0.05) is 12.1 Å². The highest BCUT2D eigenvalue weighted by atomic mass is 35.5. The Kier molecular flexibility index (Phi) is 3.47. The lowest BCUT2D eigenvalue weighted by Crippen LogP contribution is -1.98. The van der Waals surface area contributed by atoms with Crippen LogP contribution in [0.4, 0.5) is 0 Å². The average molecular weight is 303 g/mol. The number of fused-ring (bicyclic) bond motifs is 1. The number of aromatic hydroxyl groups is 1. The molecule has 1 N–H and O–H groups in total. The van der Waals surface area contributed by atoms with Gasteiger partial charge in [0.1, 0.15) is 5.82 Å². The maximum Gasteiger partial charge on any atom is 0.160 e. The topological polar surface area (TPSA) is 47.3 Å². The number of hydrogen-bond acceptors (Lipinski definition) is 3. The van der Waals surface area contributed by atoms with E-state index in [9.17, 15) is 5.11 Å². The Morgan fingerprint density at radius 3 is 2.76 bits per heavy atom. The molecule has 5 heteroatoms. The van der Waals surface area contributed by atoms with Crippen molar-refractivity contribution < 1.29 is 9.84 Å². The zero-order chi connectivity index (χ0) is 15.0. The molecule has 0 spiro atoms. The molecule has 0 aliphatic rings. The minimum atomic E-state index is 0.0933. The Labute approximate surface area is 127 Å². The number of hydrogen-bond donors (Lipinski definition) is 1. The minimum Gasteiger partial charge on any atom is -0.504 e. The first kappa shape index (κ1) is 13.8. The SMILES string of the molecule is CCn1c(-c2ccc(OC)c(O)c2)nc2cccc(Cl)c21. The third-order valence-corrected chi connectivity index (χ3v) is 3.78. The van der Waals surface area contributed by atoms with Crippen molar-refractivity contribution in [2.45, 2.75) is 13.5 Å². The molecule has 0 radical (unpaired) electrons. The molecule has 108 valence electrons. The summed E-state index contributed by atoms with van der Waals surface area (Å²) in [6.07, 6.45) is 0.